The molecule has 0 atom stereocenters. The molecule has 0 bridgehead atoms. The van der Waals surface area contributed by atoms with Crippen LogP contribution in [0.1, 0.15) is 38.2 Å². The van der Waals surface area contributed by atoms with Crippen molar-refractivity contribution in [2.45, 2.75) is 48.4 Å². The standard InChI is InChI=1S/C22H26N2O4S3/c1-16(2)19-9-6-10-20-22(19)21(30(25,26)23-17-11-13-29-14-12-17)15-24(20)31(27,28)18-7-4-3-5-8-18/h3-10,15-17,23H,11-14H2,1-2H3. The van der Waals surface area contributed by atoms with Crippen LogP contribution in [-0.4, -0.2) is 38.4 Å². The highest BCUT2D eigenvalue weighted by atomic mass is 32.2. The number of rotatable bonds is 6. The van der Waals surface area contributed by atoms with Crippen molar-refractivity contribution in [3.63, 3.8) is 0 Å². The van der Waals surface area contributed by atoms with Crippen LogP contribution in [0, 0.1) is 0 Å². The van der Waals surface area contributed by atoms with Crippen LogP contribution in [0.2, 0.25) is 0 Å². The Morgan fingerprint density at radius 2 is 1.65 bits per heavy atom. The van der Waals surface area contributed by atoms with Crippen molar-refractivity contribution < 1.29 is 16.8 Å². The average molecular weight is 479 g/mol. The van der Waals surface area contributed by atoms with Gasteiger partial charge in [-0.2, -0.15) is 11.8 Å². The third-order valence-corrected chi connectivity index (χ3v) is 9.82. The summed E-state index contributed by atoms with van der Waals surface area (Å²) >= 11 is 1.82. The number of nitrogens with one attached hydrogen (secondary N) is 1. The molecule has 2 heterocycles. The fourth-order valence-electron chi connectivity index (χ4n) is 3.94. The summed E-state index contributed by atoms with van der Waals surface area (Å²) < 4.78 is 57.6. The van der Waals surface area contributed by atoms with Gasteiger partial charge in [0.25, 0.3) is 10.0 Å². The summed E-state index contributed by atoms with van der Waals surface area (Å²) in [5, 5.41) is 0.467. The van der Waals surface area contributed by atoms with Gasteiger partial charge in [-0.3, -0.25) is 0 Å². The van der Waals surface area contributed by atoms with Crippen molar-refractivity contribution in [1.29, 1.82) is 0 Å². The first-order valence-corrected chi connectivity index (χ1v) is 14.3. The van der Waals surface area contributed by atoms with Gasteiger partial charge < -0.3 is 0 Å². The van der Waals surface area contributed by atoms with Gasteiger partial charge in [0.15, 0.2) is 0 Å². The van der Waals surface area contributed by atoms with Gasteiger partial charge in [-0.05, 0) is 54.0 Å². The number of fused-ring (bicyclic) bond motifs is 1. The van der Waals surface area contributed by atoms with Gasteiger partial charge in [0.1, 0.15) is 4.90 Å². The molecule has 1 aliphatic rings. The predicted octanol–water partition coefficient (Wildman–Crippen LogP) is 4.18. The van der Waals surface area contributed by atoms with Crippen LogP contribution in [0.5, 0.6) is 0 Å². The first kappa shape index (κ1) is 22.4. The van der Waals surface area contributed by atoms with Crippen LogP contribution in [0.4, 0.5) is 0 Å². The van der Waals surface area contributed by atoms with Crippen molar-refractivity contribution in [2.24, 2.45) is 0 Å². The first-order valence-electron chi connectivity index (χ1n) is 10.3. The summed E-state index contributed by atoms with van der Waals surface area (Å²) in [4.78, 5) is 0.132. The van der Waals surface area contributed by atoms with E-state index < -0.39 is 20.0 Å². The van der Waals surface area contributed by atoms with Crippen LogP contribution >= 0.6 is 11.8 Å². The van der Waals surface area contributed by atoms with E-state index in [9.17, 15) is 16.8 Å². The van der Waals surface area contributed by atoms with Gasteiger partial charge >= 0.3 is 0 Å². The summed E-state index contributed by atoms with van der Waals surface area (Å²) in [6, 6.07) is 13.2. The first-order chi connectivity index (χ1) is 14.7. The summed E-state index contributed by atoms with van der Waals surface area (Å²) in [5.74, 6) is 1.85. The van der Waals surface area contributed by atoms with E-state index in [1.165, 1.54) is 18.3 Å². The maximum absolute atomic E-state index is 13.4. The molecule has 1 aromatic heterocycles. The van der Waals surface area contributed by atoms with Crippen molar-refractivity contribution in [2.75, 3.05) is 11.5 Å². The lowest BCUT2D eigenvalue weighted by Gasteiger charge is -2.22. The molecule has 1 saturated heterocycles. The second-order valence-electron chi connectivity index (χ2n) is 8.01. The number of hydrogen-bond donors (Lipinski definition) is 1. The Balaban J connectivity index is 1.93. The molecule has 1 N–H and O–H groups in total. The van der Waals surface area contributed by atoms with Gasteiger partial charge in [-0.15, -0.1) is 0 Å². The van der Waals surface area contributed by atoms with E-state index in [1.54, 1.807) is 30.3 Å². The Morgan fingerprint density at radius 1 is 0.968 bits per heavy atom. The Kier molecular flexibility index (Phi) is 6.22. The number of nitrogens with zero attached hydrogens (tertiary/aromatic N) is 1. The lowest BCUT2D eigenvalue weighted by atomic mass is 9.99. The smallest absolute Gasteiger partial charge is 0.240 e. The Labute approximate surface area is 188 Å². The van der Waals surface area contributed by atoms with Gasteiger partial charge in [0, 0.05) is 17.6 Å². The summed E-state index contributed by atoms with van der Waals surface area (Å²) in [6.45, 7) is 3.94. The fraction of sp³-hybridized carbons (Fsp3) is 0.364. The zero-order valence-corrected chi connectivity index (χ0v) is 19.9. The molecule has 2 aromatic carbocycles. The number of sulfonamides is 1. The van der Waals surface area contributed by atoms with E-state index in [-0.39, 0.29) is 21.8 Å². The molecule has 0 spiro atoms. The second kappa shape index (κ2) is 8.61. The minimum absolute atomic E-state index is 0.0181. The Hall–Kier alpha value is -1.81. The molecule has 4 rings (SSSR count). The molecule has 0 saturated carbocycles. The minimum atomic E-state index is -3.96. The highest BCUT2D eigenvalue weighted by molar-refractivity contribution is 7.99. The lowest BCUT2D eigenvalue weighted by molar-refractivity contribution is 0.529. The maximum Gasteiger partial charge on any atom is 0.268 e. The van der Waals surface area contributed by atoms with Gasteiger partial charge in [-0.25, -0.2) is 25.5 Å². The summed E-state index contributed by atoms with van der Waals surface area (Å²) in [5.41, 5.74) is 1.17. The fourth-order valence-corrected chi connectivity index (χ4v) is 8.03. The number of thioether (sulfide) groups is 1. The third-order valence-electron chi connectivity index (χ3n) is 5.55. The topological polar surface area (TPSA) is 85.2 Å². The normalized spacial score (nSPS) is 16.2. The molecular formula is C22H26N2O4S3. The molecule has 0 unspecified atom stereocenters. The Morgan fingerprint density at radius 3 is 2.29 bits per heavy atom. The van der Waals surface area contributed by atoms with Crippen molar-refractivity contribution in [1.82, 2.24) is 8.69 Å². The highest BCUT2D eigenvalue weighted by Gasteiger charge is 2.30. The van der Waals surface area contributed by atoms with E-state index in [0.29, 0.717) is 10.9 Å². The second-order valence-corrected chi connectivity index (χ2v) is 12.7. The highest BCUT2D eigenvalue weighted by Crippen LogP contribution is 2.35. The zero-order valence-electron chi connectivity index (χ0n) is 17.5. The molecule has 3 aromatic rings. The largest absolute Gasteiger partial charge is 0.268 e. The summed E-state index contributed by atoms with van der Waals surface area (Å²) in [6.07, 6.45) is 2.79. The minimum Gasteiger partial charge on any atom is -0.240 e. The van der Waals surface area contributed by atoms with E-state index in [4.69, 9.17) is 0 Å². The van der Waals surface area contributed by atoms with Crippen LogP contribution in [0.25, 0.3) is 10.9 Å². The number of benzene rings is 2. The monoisotopic (exact) mass is 478 g/mol. The van der Waals surface area contributed by atoms with Gasteiger partial charge in [0.05, 0.1) is 10.4 Å². The quantitative estimate of drug-likeness (QED) is 0.575. The average Bonchev–Trinajstić information content (AvgIpc) is 3.16. The zero-order chi connectivity index (χ0) is 22.2. The van der Waals surface area contributed by atoms with E-state index >= 15 is 0 Å². The molecular weight excluding hydrogens is 452 g/mol. The molecule has 6 nitrogen and oxygen atoms in total. The SMILES string of the molecule is CC(C)c1cccc2c1c(S(=O)(=O)NC1CCSCC1)cn2S(=O)(=O)c1ccccc1. The van der Waals surface area contributed by atoms with Crippen LogP contribution in [0.15, 0.2) is 64.5 Å². The van der Waals surface area contributed by atoms with E-state index in [2.05, 4.69) is 4.72 Å². The molecule has 166 valence electrons. The molecule has 1 fully saturated rings. The molecule has 0 radical (unpaired) electrons. The molecule has 9 heteroatoms. The van der Waals surface area contributed by atoms with Crippen molar-refractivity contribution >= 4 is 42.7 Å². The van der Waals surface area contributed by atoms with Gasteiger partial charge in [0.2, 0.25) is 10.0 Å². The lowest BCUT2D eigenvalue weighted by Crippen LogP contribution is -2.37. The predicted molar refractivity (Wildman–Crippen MR) is 126 cm³/mol. The molecule has 31 heavy (non-hydrogen) atoms. The number of hydrogen-bond acceptors (Lipinski definition) is 5. The van der Waals surface area contributed by atoms with Crippen LogP contribution < -0.4 is 4.72 Å². The van der Waals surface area contributed by atoms with E-state index in [0.717, 1.165) is 33.9 Å². The van der Waals surface area contributed by atoms with Crippen molar-refractivity contribution in [3.8, 4) is 0 Å². The third kappa shape index (κ3) is 4.28. The van der Waals surface area contributed by atoms with Crippen molar-refractivity contribution in [3.05, 3.63) is 60.3 Å². The molecule has 0 amide bonds. The molecule has 0 aliphatic carbocycles. The van der Waals surface area contributed by atoms with Crippen LogP contribution in [0.3, 0.4) is 0 Å². The summed E-state index contributed by atoms with van der Waals surface area (Å²) in [7, 11) is -7.87. The van der Waals surface area contributed by atoms with Gasteiger partial charge in [-0.1, -0.05) is 44.2 Å². The van der Waals surface area contributed by atoms with Crippen LogP contribution in [-0.2, 0) is 20.0 Å². The number of aromatic nitrogens is 1. The molecule has 1 aliphatic heterocycles. The Bertz CT molecular complexity index is 1290. The maximum atomic E-state index is 13.4. The van der Waals surface area contributed by atoms with E-state index in [1.807, 2.05) is 31.7 Å².